The minimum atomic E-state index is 0.165. The summed E-state index contributed by atoms with van der Waals surface area (Å²) in [6.07, 6.45) is 2.78. The van der Waals surface area contributed by atoms with Crippen LogP contribution in [0.25, 0.3) is 0 Å². The lowest BCUT2D eigenvalue weighted by Crippen LogP contribution is -2.24. The third kappa shape index (κ3) is 3.21. The molecular formula is C17H19N5O2. The van der Waals surface area contributed by atoms with Gasteiger partial charge in [-0.2, -0.15) is 9.97 Å². The average molecular weight is 325 g/mol. The van der Waals surface area contributed by atoms with Gasteiger partial charge in [0.2, 0.25) is 11.8 Å². The van der Waals surface area contributed by atoms with Crippen LogP contribution in [0.2, 0.25) is 0 Å². The highest BCUT2D eigenvalue weighted by Crippen LogP contribution is 2.31. The zero-order valence-corrected chi connectivity index (χ0v) is 13.6. The Morgan fingerprint density at radius 2 is 2.00 bits per heavy atom. The largest absolute Gasteiger partial charge is 0.340 e. The quantitative estimate of drug-likeness (QED) is 0.713. The molecule has 0 radical (unpaired) electrons. The van der Waals surface area contributed by atoms with E-state index >= 15 is 0 Å². The molecule has 0 amide bonds. The van der Waals surface area contributed by atoms with E-state index in [0.717, 1.165) is 30.8 Å². The van der Waals surface area contributed by atoms with E-state index in [4.69, 9.17) is 9.05 Å². The van der Waals surface area contributed by atoms with E-state index in [1.807, 2.05) is 25.1 Å². The van der Waals surface area contributed by atoms with E-state index in [9.17, 15) is 0 Å². The molecule has 2 aromatic heterocycles. The predicted octanol–water partition coefficient (Wildman–Crippen LogP) is 2.69. The number of hydrogen-bond donors (Lipinski definition) is 0. The molecule has 1 saturated heterocycles. The van der Waals surface area contributed by atoms with Crippen LogP contribution in [0.3, 0.4) is 0 Å². The maximum absolute atomic E-state index is 5.39. The van der Waals surface area contributed by atoms with Crippen LogP contribution in [0.15, 0.2) is 39.4 Å². The zero-order valence-electron chi connectivity index (χ0n) is 13.6. The number of benzene rings is 1. The normalized spacial score (nSPS) is 18.3. The highest BCUT2D eigenvalue weighted by atomic mass is 16.5. The molecule has 1 aliphatic rings. The van der Waals surface area contributed by atoms with E-state index in [1.54, 1.807) is 0 Å². The molecule has 0 bridgehead atoms. The molecule has 1 aromatic carbocycles. The molecule has 1 atom stereocenters. The van der Waals surface area contributed by atoms with Gasteiger partial charge >= 0.3 is 0 Å². The van der Waals surface area contributed by atoms with Gasteiger partial charge in [0, 0.05) is 6.92 Å². The summed E-state index contributed by atoms with van der Waals surface area (Å²) in [4.78, 5) is 11.2. The van der Waals surface area contributed by atoms with Crippen molar-refractivity contribution >= 4 is 0 Å². The Bertz CT molecular complexity index is 798. The molecule has 3 aromatic rings. The molecular weight excluding hydrogens is 306 g/mol. The van der Waals surface area contributed by atoms with Gasteiger partial charge in [0.15, 0.2) is 11.6 Å². The summed E-state index contributed by atoms with van der Waals surface area (Å²) in [7, 11) is 0. The summed E-state index contributed by atoms with van der Waals surface area (Å²) in [5, 5.41) is 8.18. The Kier molecular flexibility index (Phi) is 4.08. The molecule has 24 heavy (non-hydrogen) atoms. The third-order valence-electron chi connectivity index (χ3n) is 4.26. The molecule has 124 valence electrons. The highest BCUT2D eigenvalue weighted by molar-refractivity contribution is 5.18. The maximum atomic E-state index is 5.39. The predicted molar refractivity (Wildman–Crippen MR) is 85.0 cm³/mol. The van der Waals surface area contributed by atoms with E-state index in [2.05, 4.69) is 37.3 Å². The van der Waals surface area contributed by atoms with Gasteiger partial charge in [-0.15, -0.1) is 0 Å². The Morgan fingerprint density at radius 3 is 2.79 bits per heavy atom. The first kappa shape index (κ1) is 15.0. The van der Waals surface area contributed by atoms with Crippen LogP contribution >= 0.6 is 0 Å². The lowest BCUT2D eigenvalue weighted by atomic mass is 10.1. The first-order valence-corrected chi connectivity index (χ1v) is 8.17. The average Bonchev–Trinajstić information content (AvgIpc) is 3.31. The van der Waals surface area contributed by atoms with Crippen molar-refractivity contribution in [3.63, 3.8) is 0 Å². The van der Waals surface area contributed by atoms with Crippen LogP contribution in [0.4, 0.5) is 0 Å². The van der Waals surface area contributed by atoms with Crippen molar-refractivity contribution in [2.45, 2.75) is 38.8 Å². The van der Waals surface area contributed by atoms with Gasteiger partial charge in [-0.25, -0.2) is 0 Å². The Hall–Kier alpha value is -2.54. The van der Waals surface area contributed by atoms with Crippen molar-refractivity contribution in [3.8, 4) is 0 Å². The molecule has 1 fully saturated rings. The molecule has 7 heteroatoms. The summed E-state index contributed by atoms with van der Waals surface area (Å²) in [5.74, 6) is 2.69. The number of nitrogens with zero attached hydrogens (tertiary/aromatic N) is 5. The molecule has 0 spiro atoms. The fraction of sp³-hybridized carbons (Fsp3) is 0.412. The Morgan fingerprint density at radius 1 is 1.12 bits per heavy atom. The molecule has 0 unspecified atom stereocenters. The van der Waals surface area contributed by atoms with Crippen LogP contribution in [0.5, 0.6) is 0 Å². The maximum Gasteiger partial charge on any atom is 0.231 e. The first-order valence-electron chi connectivity index (χ1n) is 8.17. The molecule has 0 saturated carbocycles. The third-order valence-corrected chi connectivity index (χ3v) is 4.26. The van der Waals surface area contributed by atoms with Crippen molar-refractivity contribution in [1.29, 1.82) is 0 Å². The van der Waals surface area contributed by atoms with Gasteiger partial charge in [-0.3, -0.25) is 4.90 Å². The van der Waals surface area contributed by atoms with E-state index < -0.39 is 0 Å². The lowest BCUT2D eigenvalue weighted by molar-refractivity contribution is 0.225. The van der Waals surface area contributed by atoms with E-state index in [0.29, 0.717) is 30.6 Å². The first-order chi connectivity index (χ1) is 11.8. The van der Waals surface area contributed by atoms with Gasteiger partial charge < -0.3 is 9.05 Å². The van der Waals surface area contributed by atoms with Crippen molar-refractivity contribution in [3.05, 3.63) is 59.3 Å². The standard InChI is InChI=1S/C17H19N5O2/c1-12-18-17(21-23-12)14-8-5-9-22(14)11-15-19-16(24-20-15)10-13-6-3-2-4-7-13/h2-4,6-7,14H,5,8-11H2,1H3/t14-/m0/s1. The van der Waals surface area contributed by atoms with Crippen molar-refractivity contribution in [2.75, 3.05) is 6.54 Å². The van der Waals surface area contributed by atoms with Crippen LogP contribution < -0.4 is 0 Å². The second-order valence-corrected chi connectivity index (χ2v) is 6.07. The number of aromatic nitrogens is 4. The molecule has 4 rings (SSSR count). The minimum Gasteiger partial charge on any atom is -0.340 e. The van der Waals surface area contributed by atoms with Crippen LogP contribution in [-0.2, 0) is 13.0 Å². The monoisotopic (exact) mass is 325 g/mol. The zero-order chi connectivity index (χ0) is 16.4. The second kappa shape index (κ2) is 6.52. The summed E-state index contributed by atoms with van der Waals surface area (Å²) in [6, 6.07) is 10.3. The number of aryl methyl sites for hydroxylation is 1. The lowest BCUT2D eigenvalue weighted by Gasteiger charge is -2.19. The Labute approximate surface area is 139 Å². The molecule has 0 N–H and O–H groups in total. The van der Waals surface area contributed by atoms with E-state index in [-0.39, 0.29) is 6.04 Å². The van der Waals surface area contributed by atoms with Gasteiger partial charge in [0.25, 0.3) is 0 Å². The SMILES string of the molecule is Cc1nc([C@@H]2CCCN2Cc2noc(Cc3ccccc3)n2)no1. The second-order valence-electron chi connectivity index (χ2n) is 6.07. The van der Waals surface area contributed by atoms with Crippen molar-refractivity contribution < 1.29 is 9.05 Å². The summed E-state index contributed by atoms with van der Waals surface area (Å²) in [6.45, 7) is 3.42. The molecule has 7 nitrogen and oxygen atoms in total. The van der Waals surface area contributed by atoms with Crippen LogP contribution in [0.1, 0.15) is 47.9 Å². The molecule has 0 aliphatic carbocycles. The molecule has 1 aliphatic heterocycles. The fourth-order valence-corrected chi connectivity index (χ4v) is 3.14. The summed E-state index contributed by atoms with van der Waals surface area (Å²) >= 11 is 0. The topological polar surface area (TPSA) is 81.1 Å². The van der Waals surface area contributed by atoms with Crippen LogP contribution in [-0.4, -0.2) is 31.7 Å². The molecule has 3 heterocycles. The van der Waals surface area contributed by atoms with Crippen LogP contribution in [0, 0.1) is 6.92 Å². The number of hydrogen-bond acceptors (Lipinski definition) is 7. The highest BCUT2D eigenvalue weighted by Gasteiger charge is 2.30. The van der Waals surface area contributed by atoms with Gasteiger partial charge in [-0.05, 0) is 24.9 Å². The number of likely N-dealkylation sites (tertiary alicyclic amines) is 1. The smallest absolute Gasteiger partial charge is 0.231 e. The van der Waals surface area contributed by atoms with Gasteiger partial charge in [0.05, 0.1) is 19.0 Å². The summed E-state index contributed by atoms with van der Waals surface area (Å²) < 4.78 is 10.5. The number of rotatable bonds is 5. The summed E-state index contributed by atoms with van der Waals surface area (Å²) in [5.41, 5.74) is 1.16. The Balaban J connectivity index is 1.43. The van der Waals surface area contributed by atoms with Crippen molar-refractivity contribution in [2.24, 2.45) is 0 Å². The van der Waals surface area contributed by atoms with Gasteiger partial charge in [0.1, 0.15) is 0 Å². The van der Waals surface area contributed by atoms with Crippen molar-refractivity contribution in [1.82, 2.24) is 25.2 Å². The fourth-order valence-electron chi connectivity index (χ4n) is 3.14. The van der Waals surface area contributed by atoms with E-state index in [1.165, 1.54) is 0 Å². The minimum absolute atomic E-state index is 0.165. The van der Waals surface area contributed by atoms with Gasteiger partial charge in [-0.1, -0.05) is 40.6 Å².